The van der Waals surface area contributed by atoms with Crippen molar-refractivity contribution in [3.05, 3.63) is 48.3 Å². The topological polar surface area (TPSA) is 27.1 Å². The summed E-state index contributed by atoms with van der Waals surface area (Å²) in [6.45, 7) is 0.624. The maximum Gasteiger partial charge on any atom is 0.157 e. The number of aromatic nitrogens is 2. The summed E-state index contributed by atoms with van der Waals surface area (Å²) in [5.74, 6) is 1.87. The Labute approximate surface area is 107 Å². The Morgan fingerprint density at radius 3 is 2.71 bits per heavy atom. The minimum absolute atomic E-state index is 0.305. The summed E-state index contributed by atoms with van der Waals surface area (Å²) in [4.78, 5) is 0. The van der Waals surface area contributed by atoms with Crippen LogP contribution in [0, 0.1) is 0 Å². The van der Waals surface area contributed by atoms with E-state index in [1.165, 1.54) is 5.56 Å². The summed E-state index contributed by atoms with van der Waals surface area (Å²) in [5, 5.41) is 4.07. The maximum absolute atomic E-state index is 5.70. The molecule has 1 aromatic heterocycles. The van der Waals surface area contributed by atoms with Crippen LogP contribution in [0.15, 0.2) is 42.7 Å². The molecule has 0 aliphatic heterocycles. The maximum atomic E-state index is 5.70. The second kappa shape index (κ2) is 5.77. The van der Waals surface area contributed by atoms with Crippen LogP contribution in [0.25, 0.3) is 0 Å². The molecule has 0 aliphatic carbocycles. The van der Waals surface area contributed by atoms with Crippen LogP contribution in [-0.2, 0) is 7.05 Å². The first-order chi connectivity index (χ1) is 8.29. The second-order valence-electron chi connectivity index (χ2n) is 3.95. The molecule has 2 rings (SSSR count). The lowest BCUT2D eigenvalue weighted by Gasteiger charge is -2.14. The van der Waals surface area contributed by atoms with Crippen LogP contribution in [0.2, 0.25) is 0 Å². The van der Waals surface area contributed by atoms with E-state index in [0.717, 1.165) is 11.5 Å². The summed E-state index contributed by atoms with van der Waals surface area (Å²) in [5.41, 5.74) is 1.26. The van der Waals surface area contributed by atoms with Gasteiger partial charge in [0.25, 0.3) is 0 Å². The van der Waals surface area contributed by atoms with E-state index in [2.05, 4.69) is 29.9 Å². The molecule has 1 unspecified atom stereocenters. The molecule has 1 atom stereocenters. The van der Waals surface area contributed by atoms with Crippen molar-refractivity contribution in [3.8, 4) is 5.75 Å². The standard InChI is InChI=1S/C13H16N2OS/c1-15-8-13(7-14-15)16-9-12(10-17)11-5-3-2-4-6-11/h2-8,12,17H,9-10H2,1H3. The van der Waals surface area contributed by atoms with E-state index in [9.17, 15) is 0 Å². The fourth-order valence-electron chi connectivity index (χ4n) is 1.65. The zero-order valence-electron chi connectivity index (χ0n) is 9.78. The van der Waals surface area contributed by atoms with Crippen LogP contribution >= 0.6 is 12.6 Å². The smallest absolute Gasteiger partial charge is 0.157 e. The third kappa shape index (κ3) is 3.27. The molecule has 0 saturated heterocycles. The predicted octanol–water partition coefficient (Wildman–Crippen LogP) is 2.51. The highest BCUT2D eigenvalue weighted by Gasteiger charge is 2.10. The van der Waals surface area contributed by atoms with Crippen molar-refractivity contribution < 1.29 is 4.74 Å². The summed E-state index contributed by atoms with van der Waals surface area (Å²) in [6, 6.07) is 10.3. The van der Waals surface area contributed by atoms with Crippen LogP contribution in [0.1, 0.15) is 11.5 Å². The highest BCUT2D eigenvalue weighted by atomic mass is 32.1. The number of benzene rings is 1. The molecule has 0 N–H and O–H groups in total. The third-order valence-corrected chi connectivity index (χ3v) is 3.06. The molecule has 0 saturated carbocycles. The van der Waals surface area contributed by atoms with Gasteiger partial charge in [-0.15, -0.1) is 0 Å². The fourth-order valence-corrected chi connectivity index (χ4v) is 1.97. The van der Waals surface area contributed by atoms with Gasteiger partial charge < -0.3 is 4.74 Å². The van der Waals surface area contributed by atoms with Gasteiger partial charge in [0.15, 0.2) is 5.75 Å². The van der Waals surface area contributed by atoms with E-state index in [0.29, 0.717) is 12.5 Å². The molecule has 4 heteroatoms. The molecule has 0 amide bonds. The lowest BCUT2D eigenvalue weighted by atomic mass is 10.0. The van der Waals surface area contributed by atoms with Crippen molar-refractivity contribution >= 4 is 12.6 Å². The van der Waals surface area contributed by atoms with Crippen LogP contribution in [0.3, 0.4) is 0 Å². The number of ether oxygens (including phenoxy) is 1. The van der Waals surface area contributed by atoms with Gasteiger partial charge in [0.2, 0.25) is 0 Å². The normalized spacial score (nSPS) is 12.4. The molecule has 3 nitrogen and oxygen atoms in total. The molecule has 0 aliphatic rings. The molecular formula is C13H16N2OS. The molecule has 1 aromatic carbocycles. The first-order valence-corrected chi connectivity index (χ1v) is 6.20. The number of aryl methyl sites for hydroxylation is 1. The van der Waals surface area contributed by atoms with Crippen molar-refractivity contribution in [2.75, 3.05) is 12.4 Å². The summed E-state index contributed by atoms with van der Waals surface area (Å²) < 4.78 is 7.43. The van der Waals surface area contributed by atoms with Gasteiger partial charge in [0.05, 0.1) is 19.0 Å². The lowest BCUT2D eigenvalue weighted by molar-refractivity contribution is 0.297. The van der Waals surface area contributed by atoms with E-state index in [1.54, 1.807) is 10.9 Å². The second-order valence-corrected chi connectivity index (χ2v) is 4.32. The number of hydrogen-bond acceptors (Lipinski definition) is 3. The van der Waals surface area contributed by atoms with Gasteiger partial charge in [-0.05, 0) is 5.56 Å². The SMILES string of the molecule is Cn1cc(OCC(CS)c2ccccc2)cn1. The molecule has 0 radical (unpaired) electrons. The van der Waals surface area contributed by atoms with Gasteiger partial charge in [0.1, 0.15) is 0 Å². The van der Waals surface area contributed by atoms with Gasteiger partial charge >= 0.3 is 0 Å². The van der Waals surface area contributed by atoms with Gasteiger partial charge in [0, 0.05) is 18.7 Å². The van der Waals surface area contributed by atoms with E-state index in [4.69, 9.17) is 4.74 Å². The highest BCUT2D eigenvalue weighted by Crippen LogP contribution is 2.19. The molecule has 17 heavy (non-hydrogen) atoms. The zero-order valence-corrected chi connectivity index (χ0v) is 10.7. The van der Waals surface area contributed by atoms with E-state index < -0.39 is 0 Å². The van der Waals surface area contributed by atoms with E-state index >= 15 is 0 Å². The Morgan fingerprint density at radius 2 is 2.12 bits per heavy atom. The van der Waals surface area contributed by atoms with Gasteiger partial charge in [-0.2, -0.15) is 17.7 Å². The van der Waals surface area contributed by atoms with Crippen molar-refractivity contribution in [1.82, 2.24) is 9.78 Å². The quantitative estimate of drug-likeness (QED) is 0.823. The molecule has 0 bridgehead atoms. The third-order valence-electron chi connectivity index (χ3n) is 2.62. The fraction of sp³-hybridized carbons (Fsp3) is 0.308. The number of nitrogens with zero attached hydrogens (tertiary/aromatic N) is 2. The van der Waals surface area contributed by atoms with Gasteiger partial charge in [-0.1, -0.05) is 30.3 Å². The number of thiol groups is 1. The average Bonchev–Trinajstić information content (AvgIpc) is 2.77. The summed E-state index contributed by atoms with van der Waals surface area (Å²) >= 11 is 4.38. The first kappa shape index (κ1) is 12.0. The van der Waals surface area contributed by atoms with Gasteiger partial charge in [-0.3, -0.25) is 4.68 Å². The first-order valence-electron chi connectivity index (χ1n) is 5.57. The van der Waals surface area contributed by atoms with E-state index in [-0.39, 0.29) is 0 Å². The largest absolute Gasteiger partial charge is 0.490 e. The van der Waals surface area contributed by atoms with Crippen molar-refractivity contribution in [2.45, 2.75) is 5.92 Å². The minimum Gasteiger partial charge on any atom is -0.490 e. The Kier molecular flexibility index (Phi) is 4.09. The molecule has 0 spiro atoms. The average molecular weight is 248 g/mol. The minimum atomic E-state index is 0.305. The van der Waals surface area contributed by atoms with Crippen LogP contribution in [0.5, 0.6) is 5.75 Å². The Hall–Kier alpha value is -1.42. The monoisotopic (exact) mass is 248 g/mol. The molecule has 2 aromatic rings. The molecule has 90 valence electrons. The Bertz CT molecular complexity index is 455. The summed E-state index contributed by atoms with van der Waals surface area (Å²) in [6.07, 6.45) is 3.58. The predicted molar refractivity (Wildman–Crippen MR) is 71.7 cm³/mol. The lowest BCUT2D eigenvalue weighted by Crippen LogP contribution is -2.11. The van der Waals surface area contributed by atoms with E-state index in [1.807, 2.05) is 31.4 Å². The molecule has 0 fully saturated rings. The Balaban J connectivity index is 1.97. The van der Waals surface area contributed by atoms with Gasteiger partial charge in [-0.25, -0.2) is 0 Å². The van der Waals surface area contributed by atoms with Crippen LogP contribution in [-0.4, -0.2) is 22.1 Å². The number of rotatable bonds is 5. The molecular weight excluding hydrogens is 232 g/mol. The Morgan fingerprint density at radius 1 is 1.35 bits per heavy atom. The zero-order chi connectivity index (χ0) is 12.1. The van der Waals surface area contributed by atoms with Crippen molar-refractivity contribution in [1.29, 1.82) is 0 Å². The highest BCUT2D eigenvalue weighted by molar-refractivity contribution is 7.80. The van der Waals surface area contributed by atoms with Crippen molar-refractivity contribution in [2.24, 2.45) is 7.05 Å². The number of hydrogen-bond donors (Lipinski definition) is 1. The van der Waals surface area contributed by atoms with Crippen LogP contribution in [0.4, 0.5) is 0 Å². The van der Waals surface area contributed by atoms with Crippen molar-refractivity contribution in [3.63, 3.8) is 0 Å². The van der Waals surface area contributed by atoms with Crippen LogP contribution < -0.4 is 4.74 Å². The summed E-state index contributed by atoms with van der Waals surface area (Å²) in [7, 11) is 1.88. The molecule has 1 heterocycles.